The van der Waals surface area contributed by atoms with Gasteiger partial charge in [0.2, 0.25) is 5.91 Å². The Kier molecular flexibility index (Phi) is 5.92. The maximum absolute atomic E-state index is 12.0. The highest BCUT2D eigenvalue weighted by atomic mass is 16.4. The van der Waals surface area contributed by atoms with E-state index in [1.807, 2.05) is 18.2 Å². The number of hydrogen-bond acceptors (Lipinski definition) is 2. The van der Waals surface area contributed by atoms with Gasteiger partial charge in [-0.15, -0.1) is 0 Å². The molecule has 2 aromatic carbocycles. The fourth-order valence-corrected chi connectivity index (χ4v) is 2.40. The Morgan fingerprint density at radius 3 is 2.30 bits per heavy atom. The molecule has 0 aliphatic carbocycles. The number of amides is 1. The molecule has 1 atom stereocenters. The van der Waals surface area contributed by atoms with E-state index < -0.39 is 5.97 Å². The number of hydrogen-bond donors (Lipinski definition) is 2. The van der Waals surface area contributed by atoms with Crippen molar-refractivity contribution >= 4 is 17.6 Å². The van der Waals surface area contributed by atoms with Crippen LogP contribution in [0.4, 0.5) is 5.69 Å². The van der Waals surface area contributed by atoms with Gasteiger partial charge in [0.25, 0.3) is 0 Å². The molecular formula is C19H21NO3. The average molecular weight is 311 g/mol. The summed E-state index contributed by atoms with van der Waals surface area (Å²) in [6.07, 6.45) is 1.22. The van der Waals surface area contributed by atoms with Gasteiger partial charge in [0.05, 0.1) is 6.42 Å². The van der Waals surface area contributed by atoms with Crippen molar-refractivity contribution < 1.29 is 14.7 Å². The van der Waals surface area contributed by atoms with E-state index in [0.29, 0.717) is 23.6 Å². The Morgan fingerprint density at radius 2 is 1.70 bits per heavy atom. The van der Waals surface area contributed by atoms with Crippen LogP contribution in [0.1, 0.15) is 36.8 Å². The maximum atomic E-state index is 12.0. The second-order valence-electron chi connectivity index (χ2n) is 5.67. The number of aliphatic carboxylic acids is 1. The minimum absolute atomic E-state index is 0.0111. The summed E-state index contributed by atoms with van der Waals surface area (Å²) < 4.78 is 0. The molecule has 0 bridgehead atoms. The second-order valence-corrected chi connectivity index (χ2v) is 5.67. The van der Waals surface area contributed by atoms with E-state index in [1.54, 1.807) is 24.3 Å². The molecule has 4 nitrogen and oxygen atoms in total. The predicted molar refractivity (Wildman–Crippen MR) is 90.5 cm³/mol. The second kappa shape index (κ2) is 8.13. The van der Waals surface area contributed by atoms with Gasteiger partial charge >= 0.3 is 5.97 Å². The third kappa shape index (κ3) is 5.58. The molecule has 0 spiro atoms. The van der Waals surface area contributed by atoms with Gasteiger partial charge in [-0.1, -0.05) is 49.4 Å². The first-order valence-electron chi connectivity index (χ1n) is 7.70. The summed E-state index contributed by atoms with van der Waals surface area (Å²) >= 11 is 0. The van der Waals surface area contributed by atoms with Gasteiger partial charge in [-0.05, 0) is 35.6 Å². The summed E-state index contributed by atoms with van der Waals surface area (Å²) in [4.78, 5) is 22.6. The summed E-state index contributed by atoms with van der Waals surface area (Å²) in [7, 11) is 0. The van der Waals surface area contributed by atoms with Crippen LogP contribution in [0.3, 0.4) is 0 Å². The monoisotopic (exact) mass is 311 g/mol. The smallest absolute Gasteiger partial charge is 0.307 e. The van der Waals surface area contributed by atoms with Gasteiger partial charge in [0, 0.05) is 12.1 Å². The lowest BCUT2D eigenvalue weighted by molar-refractivity contribution is -0.136. The zero-order valence-electron chi connectivity index (χ0n) is 13.2. The van der Waals surface area contributed by atoms with Crippen molar-refractivity contribution in [2.75, 3.05) is 5.32 Å². The van der Waals surface area contributed by atoms with E-state index in [2.05, 4.69) is 24.4 Å². The first kappa shape index (κ1) is 16.7. The van der Waals surface area contributed by atoms with E-state index in [1.165, 1.54) is 5.56 Å². The number of anilines is 1. The fourth-order valence-electron chi connectivity index (χ4n) is 2.40. The highest BCUT2D eigenvalue weighted by molar-refractivity contribution is 5.90. The van der Waals surface area contributed by atoms with Crippen molar-refractivity contribution in [2.24, 2.45) is 0 Å². The highest BCUT2D eigenvalue weighted by Crippen LogP contribution is 2.20. The molecule has 0 aliphatic heterocycles. The summed E-state index contributed by atoms with van der Waals surface area (Å²) in [5.41, 5.74) is 2.64. The Labute approximate surface area is 136 Å². The number of carbonyl (C=O) groups excluding carboxylic acids is 1. The normalized spacial score (nSPS) is 11.7. The Hall–Kier alpha value is -2.62. The van der Waals surface area contributed by atoms with Crippen molar-refractivity contribution in [3.05, 3.63) is 65.7 Å². The minimum Gasteiger partial charge on any atom is -0.481 e. The summed E-state index contributed by atoms with van der Waals surface area (Å²) in [5, 5.41) is 11.6. The Morgan fingerprint density at radius 1 is 1.04 bits per heavy atom. The van der Waals surface area contributed by atoms with E-state index in [4.69, 9.17) is 5.11 Å². The predicted octanol–water partition coefficient (Wildman–Crippen LogP) is 3.84. The van der Waals surface area contributed by atoms with Gasteiger partial charge in [-0.2, -0.15) is 0 Å². The lowest BCUT2D eigenvalue weighted by Gasteiger charge is -2.12. The largest absolute Gasteiger partial charge is 0.481 e. The molecular weight excluding hydrogens is 290 g/mol. The maximum Gasteiger partial charge on any atom is 0.307 e. The van der Waals surface area contributed by atoms with Crippen LogP contribution in [0.2, 0.25) is 0 Å². The Balaban J connectivity index is 1.81. The molecule has 4 heteroatoms. The first-order valence-corrected chi connectivity index (χ1v) is 7.70. The molecule has 0 aliphatic rings. The van der Waals surface area contributed by atoms with Crippen molar-refractivity contribution in [2.45, 2.75) is 32.1 Å². The van der Waals surface area contributed by atoms with Crippen LogP contribution in [0.5, 0.6) is 0 Å². The van der Waals surface area contributed by atoms with E-state index in [0.717, 1.165) is 6.42 Å². The lowest BCUT2D eigenvalue weighted by Crippen LogP contribution is -2.12. The fraction of sp³-hybridized carbons (Fsp3) is 0.263. The van der Waals surface area contributed by atoms with Crippen molar-refractivity contribution in [3.63, 3.8) is 0 Å². The highest BCUT2D eigenvalue weighted by Gasteiger charge is 2.09. The van der Waals surface area contributed by atoms with Gasteiger partial charge in [0.1, 0.15) is 0 Å². The molecule has 2 aromatic rings. The molecule has 2 N–H and O–H groups in total. The van der Waals surface area contributed by atoms with E-state index >= 15 is 0 Å². The van der Waals surface area contributed by atoms with E-state index in [-0.39, 0.29) is 12.3 Å². The quantitative estimate of drug-likeness (QED) is 0.816. The third-order valence-electron chi connectivity index (χ3n) is 3.77. The van der Waals surface area contributed by atoms with Gasteiger partial charge in [0.15, 0.2) is 0 Å². The number of carboxylic acid groups (broad SMARTS) is 1. The lowest BCUT2D eigenvalue weighted by atomic mass is 9.96. The minimum atomic E-state index is -0.864. The number of carboxylic acids is 1. The molecule has 0 aromatic heterocycles. The third-order valence-corrected chi connectivity index (χ3v) is 3.77. The van der Waals surface area contributed by atoms with Crippen LogP contribution in [0.15, 0.2) is 54.6 Å². The van der Waals surface area contributed by atoms with Crippen molar-refractivity contribution in [1.29, 1.82) is 0 Å². The molecule has 1 amide bonds. The van der Waals surface area contributed by atoms with Crippen LogP contribution < -0.4 is 5.32 Å². The molecule has 0 saturated heterocycles. The molecule has 120 valence electrons. The molecule has 0 fully saturated rings. The summed E-state index contributed by atoms with van der Waals surface area (Å²) in [6, 6.07) is 17.0. The standard InChI is InChI=1S/C19H21NO3/c1-14(16-5-3-2-4-6-16)7-12-18(21)20-17-10-8-15(9-11-17)13-19(22)23/h2-6,8-11,14H,7,12-13H2,1H3,(H,20,21)(H,22,23). The number of benzene rings is 2. The molecule has 0 heterocycles. The van der Waals surface area contributed by atoms with Crippen molar-refractivity contribution in [1.82, 2.24) is 0 Å². The van der Waals surface area contributed by atoms with Crippen molar-refractivity contribution in [3.8, 4) is 0 Å². The number of carbonyl (C=O) groups is 2. The zero-order chi connectivity index (χ0) is 16.7. The van der Waals surface area contributed by atoms with Crippen LogP contribution >= 0.6 is 0 Å². The van der Waals surface area contributed by atoms with Crippen LogP contribution in [-0.2, 0) is 16.0 Å². The van der Waals surface area contributed by atoms with Crippen LogP contribution in [-0.4, -0.2) is 17.0 Å². The summed E-state index contributed by atoms with van der Waals surface area (Å²) in [6.45, 7) is 2.11. The zero-order valence-corrected chi connectivity index (χ0v) is 13.2. The van der Waals surface area contributed by atoms with Gasteiger partial charge in [-0.25, -0.2) is 0 Å². The van der Waals surface area contributed by atoms with E-state index in [9.17, 15) is 9.59 Å². The average Bonchev–Trinajstić information content (AvgIpc) is 2.55. The molecule has 2 rings (SSSR count). The number of nitrogens with one attached hydrogen (secondary N) is 1. The molecule has 23 heavy (non-hydrogen) atoms. The Bertz CT molecular complexity index is 650. The van der Waals surface area contributed by atoms with Gasteiger partial charge in [-0.3, -0.25) is 9.59 Å². The van der Waals surface area contributed by atoms with Gasteiger partial charge < -0.3 is 10.4 Å². The topological polar surface area (TPSA) is 66.4 Å². The van der Waals surface area contributed by atoms with Crippen LogP contribution in [0, 0.1) is 0 Å². The molecule has 0 radical (unpaired) electrons. The SMILES string of the molecule is CC(CCC(=O)Nc1ccc(CC(=O)O)cc1)c1ccccc1. The summed E-state index contributed by atoms with van der Waals surface area (Å²) in [5.74, 6) is -0.560. The van der Waals surface area contributed by atoms with Crippen LogP contribution in [0.25, 0.3) is 0 Å². The number of rotatable bonds is 7. The molecule has 0 saturated carbocycles. The molecule has 1 unspecified atom stereocenters. The first-order chi connectivity index (χ1) is 11.0.